The average Bonchev–Trinajstić information content (AvgIpc) is 2.30. The maximum atomic E-state index is 11.1. The molecule has 1 amide bonds. The molecule has 1 fully saturated rings. The van der Waals surface area contributed by atoms with Crippen LogP contribution < -0.4 is 5.73 Å². The van der Waals surface area contributed by atoms with Gasteiger partial charge in [0, 0.05) is 39.6 Å². The van der Waals surface area contributed by atoms with Crippen molar-refractivity contribution in [2.75, 3.05) is 39.3 Å². The number of nitrogens with zero attached hydrogens (tertiary/aromatic N) is 2. The topological polar surface area (TPSA) is 49.6 Å². The van der Waals surface area contributed by atoms with Gasteiger partial charge in [0.15, 0.2) is 0 Å². The van der Waals surface area contributed by atoms with E-state index in [0.29, 0.717) is 6.54 Å². The van der Waals surface area contributed by atoms with Crippen LogP contribution in [0.3, 0.4) is 0 Å². The van der Waals surface area contributed by atoms with Crippen LogP contribution in [-0.2, 0) is 4.79 Å². The van der Waals surface area contributed by atoms with E-state index in [0.717, 1.165) is 39.1 Å². The van der Waals surface area contributed by atoms with Gasteiger partial charge in [-0.05, 0) is 13.0 Å². The van der Waals surface area contributed by atoms with Crippen LogP contribution in [0.15, 0.2) is 0 Å². The van der Waals surface area contributed by atoms with Gasteiger partial charge in [0.2, 0.25) is 5.91 Å². The van der Waals surface area contributed by atoms with E-state index in [4.69, 9.17) is 5.73 Å². The molecule has 0 aromatic rings. The maximum absolute atomic E-state index is 11.1. The number of nitrogens with two attached hydrogens (primary N) is 1. The minimum absolute atomic E-state index is 0.189. The first kappa shape index (κ1) is 10.5. The quantitative estimate of drug-likeness (QED) is 0.631. The third-order valence-electron chi connectivity index (χ3n) is 2.48. The van der Waals surface area contributed by atoms with Gasteiger partial charge in [0.05, 0.1) is 0 Å². The van der Waals surface area contributed by atoms with Gasteiger partial charge in [-0.2, -0.15) is 0 Å². The van der Waals surface area contributed by atoms with Crippen molar-refractivity contribution in [2.45, 2.75) is 13.3 Å². The van der Waals surface area contributed by atoms with Gasteiger partial charge >= 0.3 is 0 Å². The van der Waals surface area contributed by atoms with Crippen LogP contribution >= 0.6 is 0 Å². The smallest absolute Gasteiger partial charge is 0.219 e. The monoisotopic (exact) mass is 185 g/mol. The lowest BCUT2D eigenvalue weighted by atomic mass is 10.4. The molecule has 0 bridgehead atoms. The first-order chi connectivity index (χ1) is 6.24. The van der Waals surface area contributed by atoms with Crippen LogP contribution in [0.4, 0.5) is 0 Å². The zero-order valence-electron chi connectivity index (χ0n) is 8.33. The molecule has 0 saturated carbocycles. The van der Waals surface area contributed by atoms with Crippen LogP contribution in [0.5, 0.6) is 0 Å². The Balaban J connectivity index is 2.35. The molecular formula is C9H19N3O. The lowest BCUT2D eigenvalue weighted by Crippen LogP contribution is -2.35. The highest BCUT2D eigenvalue weighted by Crippen LogP contribution is 2.02. The second kappa shape index (κ2) is 5.19. The molecule has 0 radical (unpaired) electrons. The van der Waals surface area contributed by atoms with Gasteiger partial charge in [0.1, 0.15) is 0 Å². The minimum Gasteiger partial charge on any atom is -0.342 e. The maximum Gasteiger partial charge on any atom is 0.219 e. The molecule has 1 aliphatic rings. The van der Waals surface area contributed by atoms with Crippen molar-refractivity contribution in [3.63, 3.8) is 0 Å². The fourth-order valence-electron chi connectivity index (χ4n) is 1.69. The Bertz CT molecular complexity index is 172. The molecule has 76 valence electrons. The molecule has 0 spiro atoms. The van der Waals surface area contributed by atoms with E-state index in [1.165, 1.54) is 0 Å². The van der Waals surface area contributed by atoms with Crippen molar-refractivity contribution in [1.29, 1.82) is 0 Å². The molecule has 1 saturated heterocycles. The van der Waals surface area contributed by atoms with Gasteiger partial charge in [0.25, 0.3) is 0 Å². The van der Waals surface area contributed by atoms with E-state index < -0.39 is 0 Å². The summed E-state index contributed by atoms with van der Waals surface area (Å²) in [7, 11) is 0. The molecule has 4 nitrogen and oxygen atoms in total. The minimum atomic E-state index is 0.189. The van der Waals surface area contributed by atoms with Crippen molar-refractivity contribution < 1.29 is 4.79 Å². The molecule has 4 heteroatoms. The van der Waals surface area contributed by atoms with Gasteiger partial charge in [-0.15, -0.1) is 0 Å². The summed E-state index contributed by atoms with van der Waals surface area (Å²) in [5, 5.41) is 0. The predicted molar refractivity (Wildman–Crippen MR) is 52.4 cm³/mol. The standard InChI is InChI=1S/C9H19N3O/c1-9(13)12-5-2-4-11(6-3-10)7-8-12/h2-8,10H2,1H3. The SMILES string of the molecule is CC(=O)N1CCCN(CCN)CC1. The Kier molecular flexibility index (Phi) is 4.18. The predicted octanol–water partition coefficient (Wildman–Crippen LogP) is -0.501. The molecule has 0 aliphatic carbocycles. The van der Waals surface area contributed by atoms with E-state index in [1.54, 1.807) is 6.92 Å². The van der Waals surface area contributed by atoms with Crippen molar-refractivity contribution in [3.8, 4) is 0 Å². The molecular weight excluding hydrogens is 166 g/mol. The summed E-state index contributed by atoms with van der Waals surface area (Å²) >= 11 is 0. The Hall–Kier alpha value is -0.610. The number of amides is 1. The summed E-state index contributed by atoms with van der Waals surface area (Å²) in [5.41, 5.74) is 5.48. The summed E-state index contributed by atoms with van der Waals surface area (Å²) < 4.78 is 0. The van der Waals surface area contributed by atoms with Gasteiger partial charge in [-0.1, -0.05) is 0 Å². The molecule has 13 heavy (non-hydrogen) atoms. The van der Waals surface area contributed by atoms with E-state index >= 15 is 0 Å². The zero-order valence-corrected chi connectivity index (χ0v) is 8.33. The number of carbonyl (C=O) groups is 1. The summed E-state index contributed by atoms with van der Waals surface area (Å²) in [6.45, 7) is 7.09. The average molecular weight is 185 g/mol. The van der Waals surface area contributed by atoms with Gasteiger partial charge in [-0.3, -0.25) is 4.79 Å². The lowest BCUT2D eigenvalue weighted by molar-refractivity contribution is -0.128. The number of rotatable bonds is 2. The summed E-state index contributed by atoms with van der Waals surface area (Å²) in [5.74, 6) is 0.189. The molecule has 1 heterocycles. The number of hydrogen-bond acceptors (Lipinski definition) is 3. The Morgan fingerprint density at radius 1 is 1.31 bits per heavy atom. The Morgan fingerprint density at radius 2 is 2.08 bits per heavy atom. The lowest BCUT2D eigenvalue weighted by Gasteiger charge is -2.20. The fourth-order valence-corrected chi connectivity index (χ4v) is 1.69. The summed E-state index contributed by atoms with van der Waals surface area (Å²) in [6.07, 6.45) is 1.07. The number of hydrogen-bond donors (Lipinski definition) is 1. The van der Waals surface area contributed by atoms with Crippen LogP contribution in [0.25, 0.3) is 0 Å². The van der Waals surface area contributed by atoms with E-state index in [1.807, 2.05) is 4.90 Å². The Morgan fingerprint density at radius 3 is 2.69 bits per heavy atom. The van der Waals surface area contributed by atoms with E-state index in [-0.39, 0.29) is 5.91 Å². The molecule has 0 atom stereocenters. The van der Waals surface area contributed by atoms with Crippen molar-refractivity contribution in [1.82, 2.24) is 9.80 Å². The highest BCUT2D eigenvalue weighted by Gasteiger charge is 2.15. The third kappa shape index (κ3) is 3.32. The molecule has 0 aromatic heterocycles. The molecule has 1 rings (SSSR count). The van der Waals surface area contributed by atoms with Crippen LogP contribution in [0, 0.1) is 0 Å². The molecule has 2 N–H and O–H groups in total. The van der Waals surface area contributed by atoms with Gasteiger partial charge < -0.3 is 15.5 Å². The molecule has 1 aliphatic heterocycles. The Labute approximate surface area is 79.7 Å². The summed E-state index contributed by atoms with van der Waals surface area (Å²) in [4.78, 5) is 15.3. The van der Waals surface area contributed by atoms with Crippen LogP contribution in [0.1, 0.15) is 13.3 Å². The van der Waals surface area contributed by atoms with Gasteiger partial charge in [-0.25, -0.2) is 0 Å². The second-order valence-electron chi connectivity index (χ2n) is 3.49. The van der Waals surface area contributed by atoms with Crippen LogP contribution in [0.2, 0.25) is 0 Å². The van der Waals surface area contributed by atoms with Crippen LogP contribution in [-0.4, -0.2) is 55.0 Å². The normalized spacial score (nSPS) is 20.0. The van der Waals surface area contributed by atoms with E-state index in [2.05, 4.69) is 4.90 Å². The summed E-state index contributed by atoms with van der Waals surface area (Å²) in [6, 6.07) is 0. The van der Waals surface area contributed by atoms with E-state index in [9.17, 15) is 4.79 Å². The van der Waals surface area contributed by atoms with Crippen molar-refractivity contribution >= 4 is 5.91 Å². The molecule has 0 aromatic carbocycles. The molecule has 0 unspecified atom stereocenters. The highest BCUT2D eigenvalue weighted by atomic mass is 16.2. The first-order valence-electron chi connectivity index (χ1n) is 4.92. The van der Waals surface area contributed by atoms with Crippen molar-refractivity contribution in [2.24, 2.45) is 5.73 Å². The highest BCUT2D eigenvalue weighted by molar-refractivity contribution is 5.73. The zero-order chi connectivity index (χ0) is 9.68. The fraction of sp³-hybridized carbons (Fsp3) is 0.889. The number of carbonyl (C=O) groups excluding carboxylic acids is 1. The largest absolute Gasteiger partial charge is 0.342 e. The van der Waals surface area contributed by atoms with Crippen molar-refractivity contribution in [3.05, 3.63) is 0 Å². The second-order valence-corrected chi connectivity index (χ2v) is 3.49. The third-order valence-corrected chi connectivity index (χ3v) is 2.48. The first-order valence-corrected chi connectivity index (χ1v) is 4.92.